The third-order valence-electron chi connectivity index (χ3n) is 2.03. The third kappa shape index (κ3) is 2.77. The van der Waals surface area contributed by atoms with E-state index in [-0.39, 0.29) is 5.69 Å². The molecular weight excluding hydrogens is 227 g/mol. The van der Waals surface area contributed by atoms with E-state index in [0.29, 0.717) is 0 Å². The van der Waals surface area contributed by atoms with E-state index in [1.165, 1.54) is 25.4 Å². The van der Waals surface area contributed by atoms with Gasteiger partial charge < -0.3 is 0 Å². The number of aromatic nitrogens is 1. The molecule has 0 aliphatic heterocycles. The van der Waals surface area contributed by atoms with Crippen LogP contribution in [0.25, 0.3) is 0 Å². The van der Waals surface area contributed by atoms with Crippen molar-refractivity contribution in [2.75, 3.05) is 6.26 Å². The van der Waals surface area contributed by atoms with E-state index < -0.39 is 27.8 Å². The number of pyridine rings is 1. The second-order valence-corrected chi connectivity index (χ2v) is 4.78. The van der Waals surface area contributed by atoms with Crippen LogP contribution in [-0.2, 0) is 17.0 Å². The topological polar surface area (TPSA) is 30.0 Å². The van der Waals surface area contributed by atoms with Crippen molar-refractivity contribution in [2.45, 2.75) is 18.3 Å². The standard InChI is InChI=1S/C9H10F3NOS/c1-6(15(2)14)8-7(9(10,11)12)4-3-5-13-8/h3-6H,1-2H3. The zero-order chi connectivity index (χ0) is 11.6. The van der Waals surface area contributed by atoms with Crippen LogP contribution in [0.2, 0.25) is 0 Å². The molecule has 0 aliphatic rings. The summed E-state index contributed by atoms with van der Waals surface area (Å²) >= 11 is 0. The van der Waals surface area contributed by atoms with Crippen LogP contribution < -0.4 is 0 Å². The fourth-order valence-corrected chi connectivity index (χ4v) is 1.64. The van der Waals surface area contributed by atoms with Crippen LogP contribution in [-0.4, -0.2) is 15.4 Å². The van der Waals surface area contributed by atoms with Crippen molar-refractivity contribution in [1.29, 1.82) is 0 Å². The van der Waals surface area contributed by atoms with E-state index in [4.69, 9.17) is 0 Å². The van der Waals surface area contributed by atoms with Gasteiger partial charge in [0, 0.05) is 23.3 Å². The van der Waals surface area contributed by atoms with Crippen molar-refractivity contribution >= 4 is 10.8 Å². The van der Waals surface area contributed by atoms with Crippen molar-refractivity contribution in [3.05, 3.63) is 29.6 Å². The molecule has 0 N–H and O–H groups in total. The Labute approximate surface area is 88.0 Å². The Balaban J connectivity index is 3.24. The zero-order valence-electron chi connectivity index (χ0n) is 8.21. The first-order chi connectivity index (χ1) is 6.84. The molecule has 0 saturated heterocycles. The first kappa shape index (κ1) is 12.2. The van der Waals surface area contributed by atoms with Gasteiger partial charge in [-0.1, -0.05) is 0 Å². The average molecular weight is 237 g/mol. The molecule has 0 fully saturated rings. The molecule has 0 amide bonds. The van der Waals surface area contributed by atoms with Crippen LogP contribution >= 0.6 is 0 Å². The maximum atomic E-state index is 12.5. The lowest BCUT2D eigenvalue weighted by atomic mass is 10.1. The maximum Gasteiger partial charge on any atom is 0.418 e. The zero-order valence-corrected chi connectivity index (χ0v) is 9.02. The van der Waals surface area contributed by atoms with Gasteiger partial charge in [-0.2, -0.15) is 13.2 Å². The van der Waals surface area contributed by atoms with Gasteiger partial charge in [0.15, 0.2) is 0 Å². The molecule has 0 aliphatic carbocycles. The Morgan fingerprint density at radius 3 is 2.53 bits per heavy atom. The quantitative estimate of drug-likeness (QED) is 0.791. The Morgan fingerprint density at radius 1 is 1.47 bits per heavy atom. The van der Waals surface area contributed by atoms with Gasteiger partial charge in [-0.05, 0) is 19.1 Å². The van der Waals surface area contributed by atoms with Crippen LogP contribution in [0.5, 0.6) is 0 Å². The highest BCUT2D eigenvalue weighted by atomic mass is 32.2. The van der Waals surface area contributed by atoms with E-state index in [0.717, 1.165) is 6.07 Å². The summed E-state index contributed by atoms with van der Waals surface area (Å²) in [5, 5.41) is -0.720. The van der Waals surface area contributed by atoms with E-state index in [1.807, 2.05) is 0 Å². The summed E-state index contributed by atoms with van der Waals surface area (Å²) < 4.78 is 48.7. The number of hydrogen-bond donors (Lipinski definition) is 0. The lowest BCUT2D eigenvalue weighted by Crippen LogP contribution is -2.14. The number of nitrogens with zero attached hydrogens (tertiary/aromatic N) is 1. The van der Waals surface area contributed by atoms with Gasteiger partial charge in [-0.15, -0.1) is 0 Å². The number of alkyl halides is 3. The minimum Gasteiger partial charge on any atom is -0.259 e. The highest BCUT2D eigenvalue weighted by molar-refractivity contribution is 7.84. The predicted octanol–water partition coefficient (Wildman–Crippen LogP) is 2.54. The number of halogens is 3. The van der Waals surface area contributed by atoms with E-state index >= 15 is 0 Å². The van der Waals surface area contributed by atoms with Crippen molar-refractivity contribution in [2.24, 2.45) is 0 Å². The average Bonchev–Trinajstić information content (AvgIpc) is 2.15. The van der Waals surface area contributed by atoms with Crippen LogP contribution in [0.3, 0.4) is 0 Å². The lowest BCUT2D eigenvalue weighted by molar-refractivity contribution is -0.138. The summed E-state index contributed by atoms with van der Waals surface area (Å²) in [6, 6.07) is 2.17. The summed E-state index contributed by atoms with van der Waals surface area (Å²) in [5.41, 5.74) is -0.974. The van der Waals surface area contributed by atoms with E-state index in [9.17, 15) is 17.4 Å². The van der Waals surface area contributed by atoms with Crippen LogP contribution in [0.4, 0.5) is 13.2 Å². The largest absolute Gasteiger partial charge is 0.418 e. The molecule has 1 rings (SSSR count). The highest BCUT2D eigenvalue weighted by Gasteiger charge is 2.35. The fourth-order valence-electron chi connectivity index (χ4n) is 1.14. The van der Waals surface area contributed by atoms with Crippen LogP contribution in [0, 0.1) is 0 Å². The minimum absolute atomic E-state index is 0.161. The van der Waals surface area contributed by atoms with Crippen molar-refractivity contribution in [3.8, 4) is 0 Å². The summed E-state index contributed by atoms with van der Waals surface area (Å²) in [7, 11) is -1.37. The molecule has 0 saturated carbocycles. The molecule has 2 unspecified atom stereocenters. The molecule has 84 valence electrons. The maximum absolute atomic E-state index is 12.5. The molecule has 0 spiro atoms. The van der Waals surface area contributed by atoms with Gasteiger partial charge in [-0.25, -0.2) is 0 Å². The first-order valence-electron chi connectivity index (χ1n) is 4.18. The molecule has 2 atom stereocenters. The molecule has 1 aromatic rings. The normalized spacial score (nSPS) is 16.1. The Morgan fingerprint density at radius 2 is 2.07 bits per heavy atom. The smallest absolute Gasteiger partial charge is 0.259 e. The molecule has 15 heavy (non-hydrogen) atoms. The minimum atomic E-state index is -4.45. The van der Waals surface area contributed by atoms with Crippen molar-refractivity contribution in [3.63, 3.8) is 0 Å². The van der Waals surface area contributed by atoms with Gasteiger partial charge in [0.05, 0.1) is 16.5 Å². The SMILES string of the molecule is CC(c1ncccc1C(F)(F)F)S(C)=O. The molecule has 0 aromatic carbocycles. The second kappa shape index (κ2) is 4.30. The molecule has 0 radical (unpaired) electrons. The first-order valence-corrected chi connectivity index (χ1v) is 5.80. The van der Waals surface area contributed by atoms with E-state index in [1.54, 1.807) is 0 Å². The van der Waals surface area contributed by atoms with Gasteiger partial charge >= 0.3 is 6.18 Å². The summed E-state index contributed by atoms with van der Waals surface area (Å²) in [5.74, 6) is 0. The van der Waals surface area contributed by atoms with Crippen molar-refractivity contribution < 1.29 is 17.4 Å². The van der Waals surface area contributed by atoms with Crippen LogP contribution in [0.15, 0.2) is 18.3 Å². The second-order valence-electron chi connectivity index (χ2n) is 3.07. The molecule has 1 aromatic heterocycles. The van der Waals surface area contributed by atoms with Gasteiger partial charge in [0.25, 0.3) is 0 Å². The van der Waals surface area contributed by atoms with Gasteiger partial charge in [0.2, 0.25) is 0 Å². The third-order valence-corrected chi connectivity index (χ3v) is 3.25. The summed E-state index contributed by atoms with van der Waals surface area (Å²) in [4.78, 5) is 3.65. The van der Waals surface area contributed by atoms with Gasteiger partial charge in [0.1, 0.15) is 0 Å². The molecule has 1 heterocycles. The molecule has 0 bridgehead atoms. The monoisotopic (exact) mass is 237 g/mol. The fraction of sp³-hybridized carbons (Fsp3) is 0.444. The summed E-state index contributed by atoms with van der Waals surface area (Å²) in [6.07, 6.45) is -1.81. The van der Waals surface area contributed by atoms with Crippen LogP contribution in [0.1, 0.15) is 23.4 Å². The summed E-state index contributed by atoms with van der Waals surface area (Å²) in [6.45, 7) is 1.47. The Kier molecular flexibility index (Phi) is 3.49. The highest BCUT2D eigenvalue weighted by Crippen LogP contribution is 2.34. The molecule has 6 heteroatoms. The number of hydrogen-bond acceptors (Lipinski definition) is 2. The molecule has 2 nitrogen and oxygen atoms in total. The van der Waals surface area contributed by atoms with Gasteiger partial charge in [-0.3, -0.25) is 9.19 Å². The Bertz CT molecular complexity index is 378. The van der Waals surface area contributed by atoms with Crippen molar-refractivity contribution in [1.82, 2.24) is 4.98 Å². The predicted molar refractivity (Wildman–Crippen MR) is 51.7 cm³/mol. The lowest BCUT2D eigenvalue weighted by Gasteiger charge is -2.14. The Hall–Kier alpha value is -0.910. The molecular formula is C9H10F3NOS. The number of rotatable bonds is 2. The van der Waals surface area contributed by atoms with E-state index in [2.05, 4.69) is 4.98 Å².